The van der Waals surface area contributed by atoms with Crippen molar-refractivity contribution in [2.24, 2.45) is 0 Å². The topological polar surface area (TPSA) is 115 Å². The van der Waals surface area contributed by atoms with Gasteiger partial charge >= 0.3 is 0 Å². The van der Waals surface area contributed by atoms with E-state index in [-0.39, 0.29) is 12.3 Å². The number of halogens is 2. The van der Waals surface area contributed by atoms with Crippen molar-refractivity contribution in [1.29, 1.82) is 0 Å². The van der Waals surface area contributed by atoms with Gasteiger partial charge in [-0.05, 0) is 45.3 Å². The molecule has 0 aliphatic rings. The summed E-state index contributed by atoms with van der Waals surface area (Å²) < 4.78 is 9.17. The second-order valence-corrected chi connectivity index (χ2v) is 9.81. The van der Waals surface area contributed by atoms with Gasteiger partial charge in [0.2, 0.25) is 11.7 Å². The molecule has 0 aliphatic carbocycles. The number of H-pyrrole nitrogens is 1. The summed E-state index contributed by atoms with van der Waals surface area (Å²) in [5.74, 6) is 1.95. The van der Waals surface area contributed by atoms with Crippen LogP contribution < -0.4 is 5.32 Å². The maximum atomic E-state index is 12.2. The fraction of sp³-hybridized carbons (Fsp3) is 0.269. The van der Waals surface area contributed by atoms with E-state index < -0.39 is 0 Å². The van der Waals surface area contributed by atoms with Crippen LogP contribution in [0, 0.1) is 0 Å². The molecule has 0 bridgehead atoms. The monoisotopic (exact) mass is 581 g/mol. The Morgan fingerprint density at radius 1 is 1.22 bits per heavy atom. The van der Waals surface area contributed by atoms with Crippen molar-refractivity contribution in [2.75, 3.05) is 7.05 Å². The van der Waals surface area contributed by atoms with E-state index in [0.29, 0.717) is 29.0 Å². The highest BCUT2D eigenvalue weighted by molar-refractivity contribution is 9.10. The maximum Gasteiger partial charge on any atom is 0.225 e. The molecule has 3 heterocycles. The molecule has 0 aliphatic heterocycles. The molecule has 2 N–H and O–H groups in total. The van der Waals surface area contributed by atoms with Crippen LogP contribution in [0.5, 0.6) is 0 Å². The van der Waals surface area contributed by atoms with Crippen LogP contribution in [0.25, 0.3) is 33.7 Å². The predicted octanol–water partition coefficient (Wildman–Crippen LogP) is 5.57. The van der Waals surface area contributed by atoms with Crippen LogP contribution in [0.1, 0.15) is 36.8 Å². The number of hydrogen-bond acceptors (Lipinski definition) is 6. The van der Waals surface area contributed by atoms with Crippen LogP contribution in [0.15, 0.2) is 51.4 Å². The first-order chi connectivity index (χ1) is 18.0. The van der Waals surface area contributed by atoms with E-state index in [1.165, 1.54) is 0 Å². The molecule has 0 saturated heterocycles. The molecule has 0 fully saturated rings. The summed E-state index contributed by atoms with van der Waals surface area (Å²) in [4.78, 5) is 16.8. The van der Waals surface area contributed by atoms with Crippen LogP contribution in [-0.2, 0) is 24.2 Å². The van der Waals surface area contributed by atoms with Gasteiger partial charge in [0, 0.05) is 36.5 Å². The summed E-state index contributed by atoms with van der Waals surface area (Å²) in [7, 11) is 1.62. The SMILES string of the molecule is CCCCc1nc(Cl)c(CC(=O)NC)n1Cc1ccc2oc(-c3ccccc3-c3nn[nH]n3)c(Br)c2c1. The fourth-order valence-electron chi connectivity index (χ4n) is 4.35. The zero-order chi connectivity index (χ0) is 25.9. The van der Waals surface area contributed by atoms with E-state index in [0.717, 1.165) is 57.2 Å². The van der Waals surface area contributed by atoms with E-state index in [1.54, 1.807) is 7.05 Å². The first-order valence-corrected chi connectivity index (χ1v) is 13.2. The van der Waals surface area contributed by atoms with Gasteiger partial charge in [0.1, 0.15) is 17.2 Å². The highest BCUT2D eigenvalue weighted by atomic mass is 79.9. The molecule has 5 aromatic rings. The van der Waals surface area contributed by atoms with Crippen LogP contribution in [0.2, 0.25) is 5.15 Å². The molecule has 2 aromatic carbocycles. The predicted molar refractivity (Wildman–Crippen MR) is 145 cm³/mol. The fourth-order valence-corrected chi connectivity index (χ4v) is 5.22. The molecule has 37 heavy (non-hydrogen) atoms. The van der Waals surface area contributed by atoms with Crippen molar-refractivity contribution in [1.82, 2.24) is 35.5 Å². The highest BCUT2D eigenvalue weighted by Gasteiger charge is 2.21. The lowest BCUT2D eigenvalue weighted by molar-refractivity contribution is -0.120. The van der Waals surface area contributed by atoms with Crippen molar-refractivity contribution in [2.45, 2.75) is 39.2 Å². The van der Waals surface area contributed by atoms with Crippen LogP contribution >= 0.6 is 27.5 Å². The Balaban J connectivity index is 1.54. The number of aryl methyl sites for hydroxylation is 1. The van der Waals surface area contributed by atoms with E-state index in [4.69, 9.17) is 16.0 Å². The zero-order valence-corrected chi connectivity index (χ0v) is 22.7. The summed E-state index contributed by atoms with van der Waals surface area (Å²) in [6, 6.07) is 13.8. The average molecular weight is 583 g/mol. The number of carbonyl (C=O) groups is 1. The smallest absolute Gasteiger partial charge is 0.225 e. The van der Waals surface area contributed by atoms with Crippen LogP contribution in [0.3, 0.4) is 0 Å². The third-order valence-corrected chi connectivity index (χ3v) is 7.34. The molecule has 0 unspecified atom stereocenters. The Morgan fingerprint density at radius 3 is 2.76 bits per heavy atom. The number of rotatable bonds is 9. The van der Waals surface area contributed by atoms with Gasteiger partial charge in [-0.2, -0.15) is 5.21 Å². The number of aromatic amines is 1. The number of carbonyl (C=O) groups excluding carboxylic acids is 1. The van der Waals surface area contributed by atoms with Gasteiger partial charge in [-0.3, -0.25) is 4.79 Å². The van der Waals surface area contributed by atoms with Gasteiger partial charge in [0.05, 0.1) is 16.6 Å². The van der Waals surface area contributed by atoms with E-state index in [2.05, 4.69) is 64.4 Å². The lowest BCUT2D eigenvalue weighted by Gasteiger charge is -2.12. The van der Waals surface area contributed by atoms with E-state index >= 15 is 0 Å². The van der Waals surface area contributed by atoms with Gasteiger partial charge in [-0.1, -0.05) is 55.3 Å². The summed E-state index contributed by atoms with van der Waals surface area (Å²) in [6.45, 7) is 2.67. The third-order valence-electron chi connectivity index (χ3n) is 6.25. The molecule has 0 spiro atoms. The number of hydrogen-bond donors (Lipinski definition) is 2. The number of tetrazole rings is 1. The minimum atomic E-state index is -0.108. The zero-order valence-electron chi connectivity index (χ0n) is 20.4. The van der Waals surface area contributed by atoms with Gasteiger partial charge in [0.15, 0.2) is 5.15 Å². The average Bonchev–Trinajstić information content (AvgIpc) is 3.63. The molecule has 0 saturated carbocycles. The highest BCUT2D eigenvalue weighted by Crippen LogP contribution is 2.41. The number of furan rings is 1. The molecule has 5 rings (SSSR count). The number of amides is 1. The number of likely N-dealkylation sites (N-methyl/N-ethyl adjacent to an activating group) is 1. The Labute approximate surface area is 226 Å². The summed E-state index contributed by atoms with van der Waals surface area (Å²) in [6.07, 6.45) is 2.99. The molecular weight excluding hydrogens is 558 g/mol. The lowest BCUT2D eigenvalue weighted by Crippen LogP contribution is -2.22. The molecule has 11 heteroatoms. The van der Waals surface area contributed by atoms with Crippen molar-refractivity contribution >= 4 is 44.4 Å². The summed E-state index contributed by atoms with van der Waals surface area (Å²) in [5, 5.41) is 18.4. The number of benzene rings is 2. The number of unbranched alkanes of at least 4 members (excludes halogenated alkanes) is 1. The number of fused-ring (bicyclic) bond motifs is 1. The molecule has 1 amide bonds. The Kier molecular flexibility index (Phi) is 7.38. The molecule has 9 nitrogen and oxygen atoms in total. The normalized spacial score (nSPS) is 11.4. The van der Waals surface area contributed by atoms with Crippen molar-refractivity contribution < 1.29 is 9.21 Å². The second kappa shape index (κ2) is 10.9. The van der Waals surface area contributed by atoms with E-state index in [1.807, 2.05) is 36.4 Å². The van der Waals surface area contributed by atoms with Gasteiger partial charge in [-0.15, -0.1) is 10.2 Å². The van der Waals surface area contributed by atoms with Crippen LogP contribution in [0.4, 0.5) is 0 Å². The quantitative estimate of drug-likeness (QED) is 0.235. The second-order valence-electron chi connectivity index (χ2n) is 8.66. The minimum Gasteiger partial charge on any atom is -0.455 e. The molecule has 0 radical (unpaired) electrons. The van der Waals surface area contributed by atoms with Crippen molar-refractivity contribution in [3.63, 3.8) is 0 Å². The maximum absolute atomic E-state index is 12.2. The number of nitrogens with one attached hydrogen (secondary N) is 2. The molecule has 0 atom stereocenters. The van der Waals surface area contributed by atoms with Gasteiger partial charge in [-0.25, -0.2) is 4.98 Å². The summed E-state index contributed by atoms with van der Waals surface area (Å²) >= 11 is 10.3. The molecule has 190 valence electrons. The Bertz CT molecular complexity index is 1560. The summed E-state index contributed by atoms with van der Waals surface area (Å²) in [5.41, 5.74) is 4.16. The van der Waals surface area contributed by atoms with Gasteiger partial charge in [0.25, 0.3) is 0 Å². The Hall–Kier alpha value is -3.50. The van der Waals surface area contributed by atoms with Crippen molar-refractivity contribution in [3.05, 3.63) is 69.2 Å². The number of imidazole rings is 1. The standard InChI is InChI=1S/C26H25BrClN7O2/c1-3-4-9-21-30-25(28)19(13-22(36)29-2)35(21)14-15-10-11-20-18(12-15)23(27)24(37-20)16-7-5-6-8-17(16)26-31-33-34-32-26/h5-8,10-12H,3-4,9,13-14H2,1-2H3,(H,29,36)(H,31,32,33,34). The Morgan fingerprint density at radius 2 is 2.03 bits per heavy atom. The largest absolute Gasteiger partial charge is 0.455 e. The first-order valence-electron chi connectivity index (χ1n) is 12.0. The third kappa shape index (κ3) is 5.03. The van der Waals surface area contributed by atoms with Crippen LogP contribution in [-0.4, -0.2) is 43.1 Å². The lowest BCUT2D eigenvalue weighted by atomic mass is 10.0. The van der Waals surface area contributed by atoms with Gasteiger partial charge < -0.3 is 14.3 Å². The molecule has 3 aromatic heterocycles. The first kappa shape index (κ1) is 25.2. The number of nitrogens with zero attached hydrogens (tertiary/aromatic N) is 5. The molecular formula is C26H25BrClN7O2. The van der Waals surface area contributed by atoms with Crippen molar-refractivity contribution in [3.8, 4) is 22.7 Å². The number of aromatic nitrogens is 6. The minimum absolute atomic E-state index is 0.108. The van der Waals surface area contributed by atoms with E-state index in [9.17, 15) is 4.79 Å².